The highest BCUT2D eigenvalue weighted by molar-refractivity contribution is 5.97. The molecule has 1 aliphatic rings. The molecule has 0 aromatic heterocycles. The first-order valence-corrected chi connectivity index (χ1v) is 6.46. The number of carbonyl (C=O) groups is 2. The minimum atomic E-state index is -0.454. The van der Waals surface area contributed by atoms with E-state index in [1.165, 1.54) is 0 Å². The number of hydrogen-bond acceptors (Lipinski definition) is 4. The molecule has 0 saturated carbocycles. The molecule has 2 rings (SSSR count). The van der Waals surface area contributed by atoms with E-state index in [4.69, 9.17) is 10.5 Å². The van der Waals surface area contributed by atoms with Crippen molar-refractivity contribution in [1.82, 2.24) is 4.90 Å². The summed E-state index contributed by atoms with van der Waals surface area (Å²) in [5.41, 5.74) is 6.75. The number of benzene rings is 1. The Kier molecular flexibility index (Phi) is 4.04. The number of likely N-dealkylation sites (tertiary alicyclic amines) is 1. The van der Waals surface area contributed by atoms with E-state index in [1.807, 2.05) is 0 Å². The molecule has 0 aliphatic carbocycles. The molecule has 5 nitrogen and oxygen atoms in total. The molecule has 1 fully saturated rings. The molecule has 2 N–H and O–H groups in total. The number of nitrogen functional groups attached to an aromatic ring is 1. The molecule has 19 heavy (non-hydrogen) atoms. The molecule has 1 saturated heterocycles. The molecule has 0 bridgehead atoms. The molecule has 0 radical (unpaired) electrons. The van der Waals surface area contributed by atoms with Crippen molar-refractivity contribution in [3.8, 4) is 0 Å². The van der Waals surface area contributed by atoms with Crippen LogP contribution in [0.5, 0.6) is 0 Å². The Balaban J connectivity index is 2.13. The maximum Gasteiger partial charge on any atom is 0.328 e. The number of ether oxygens (including phenoxy) is 1. The van der Waals surface area contributed by atoms with Gasteiger partial charge in [0.15, 0.2) is 0 Å². The fourth-order valence-corrected chi connectivity index (χ4v) is 2.28. The molecule has 1 heterocycles. The lowest BCUT2D eigenvalue weighted by molar-refractivity contribution is -0.147. The van der Waals surface area contributed by atoms with E-state index < -0.39 is 6.04 Å². The first-order chi connectivity index (χ1) is 9.13. The van der Waals surface area contributed by atoms with Gasteiger partial charge in [-0.1, -0.05) is 0 Å². The molecule has 102 valence electrons. The van der Waals surface area contributed by atoms with Crippen molar-refractivity contribution in [2.24, 2.45) is 0 Å². The Labute approximate surface area is 112 Å². The number of hydrogen-bond donors (Lipinski definition) is 1. The Morgan fingerprint density at radius 2 is 2.05 bits per heavy atom. The molecule has 1 aliphatic heterocycles. The molecule has 1 aromatic rings. The number of anilines is 1. The standard InChI is InChI=1S/C14H18N2O3/c1-2-19-14(18)12-4-3-9-16(12)13(17)10-5-7-11(15)8-6-10/h5-8,12H,2-4,9,15H2,1H3. The number of esters is 1. The highest BCUT2D eigenvalue weighted by Gasteiger charge is 2.35. The van der Waals surface area contributed by atoms with Gasteiger partial charge in [0.2, 0.25) is 0 Å². The van der Waals surface area contributed by atoms with Crippen molar-refractivity contribution in [3.63, 3.8) is 0 Å². The number of carbonyl (C=O) groups excluding carboxylic acids is 2. The Morgan fingerprint density at radius 1 is 1.37 bits per heavy atom. The smallest absolute Gasteiger partial charge is 0.328 e. The van der Waals surface area contributed by atoms with E-state index in [1.54, 1.807) is 36.1 Å². The van der Waals surface area contributed by atoms with E-state index in [-0.39, 0.29) is 11.9 Å². The third-order valence-electron chi connectivity index (χ3n) is 3.23. The normalized spacial score (nSPS) is 18.4. The lowest BCUT2D eigenvalue weighted by Crippen LogP contribution is -2.41. The van der Waals surface area contributed by atoms with Crippen LogP contribution in [0.25, 0.3) is 0 Å². The van der Waals surface area contributed by atoms with Gasteiger partial charge in [0.25, 0.3) is 5.91 Å². The summed E-state index contributed by atoms with van der Waals surface area (Å²) in [4.78, 5) is 25.8. The molecule has 1 aromatic carbocycles. The molecule has 1 unspecified atom stereocenters. The molecular formula is C14H18N2O3. The zero-order chi connectivity index (χ0) is 13.8. The number of amides is 1. The fraction of sp³-hybridized carbons (Fsp3) is 0.429. The minimum absolute atomic E-state index is 0.143. The van der Waals surface area contributed by atoms with Crippen LogP contribution < -0.4 is 5.73 Å². The summed E-state index contributed by atoms with van der Waals surface area (Å²) in [7, 11) is 0. The van der Waals surface area contributed by atoms with E-state index in [0.717, 1.165) is 6.42 Å². The van der Waals surface area contributed by atoms with E-state index >= 15 is 0 Å². The first kappa shape index (κ1) is 13.4. The van der Waals surface area contributed by atoms with Crippen LogP contribution in [0, 0.1) is 0 Å². The van der Waals surface area contributed by atoms with Gasteiger partial charge < -0.3 is 15.4 Å². The van der Waals surface area contributed by atoms with E-state index in [0.29, 0.717) is 30.8 Å². The summed E-state index contributed by atoms with van der Waals surface area (Å²) in [6.45, 7) is 2.69. The maximum atomic E-state index is 12.4. The molecule has 5 heteroatoms. The summed E-state index contributed by atoms with van der Waals surface area (Å²) in [5.74, 6) is -0.459. The Bertz CT molecular complexity index is 470. The van der Waals surface area contributed by atoms with Gasteiger partial charge in [0.1, 0.15) is 6.04 Å². The molecular weight excluding hydrogens is 244 g/mol. The Hall–Kier alpha value is -2.04. The van der Waals surface area contributed by atoms with Crippen molar-refractivity contribution >= 4 is 17.6 Å². The SMILES string of the molecule is CCOC(=O)C1CCCN1C(=O)c1ccc(N)cc1. The second-order valence-corrected chi connectivity index (χ2v) is 4.53. The van der Waals surface area contributed by atoms with Gasteiger partial charge in [-0.2, -0.15) is 0 Å². The highest BCUT2D eigenvalue weighted by atomic mass is 16.5. The summed E-state index contributed by atoms with van der Waals surface area (Å²) in [6.07, 6.45) is 1.49. The van der Waals surface area contributed by atoms with Gasteiger partial charge in [0.05, 0.1) is 6.61 Å². The van der Waals surface area contributed by atoms with Crippen molar-refractivity contribution < 1.29 is 14.3 Å². The third-order valence-corrected chi connectivity index (χ3v) is 3.23. The zero-order valence-electron chi connectivity index (χ0n) is 11.0. The van der Waals surface area contributed by atoms with Crippen LogP contribution in [-0.2, 0) is 9.53 Å². The quantitative estimate of drug-likeness (QED) is 0.660. The highest BCUT2D eigenvalue weighted by Crippen LogP contribution is 2.21. The van der Waals surface area contributed by atoms with E-state index in [9.17, 15) is 9.59 Å². The van der Waals surface area contributed by atoms with Gasteiger partial charge >= 0.3 is 5.97 Å². The average molecular weight is 262 g/mol. The third kappa shape index (κ3) is 2.86. The van der Waals surface area contributed by atoms with Crippen LogP contribution in [0.4, 0.5) is 5.69 Å². The van der Waals surface area contributed by atoms with Crippen LogP contribution in [0.1, 0.15) is 30.1 Å². The summed E-state index contributed by atoms with van der Waals surface area (Å²) in [5, 5.41) is 0. The topological polar surface area (TPSA) is 72.6 Å². The summed E-state index contributed by atoms with van der Waals surface area (Å²) >= 11 is 0. The van der Waals surface area contributed by atoms with Crippen LogP contribution in [0.2, 0.25) is 0 Å². The fourth-order valence-electron chi connectivity index (χ4n) is 2.28. The largest absolute Gasteiger partial charge is 0.464 e. The lowest BCUT2D eigenvalue weighted by Gasteiger charge is -2.23. The molecule has 1 amide bonds. The van der Waals surface area contributed by atoms with Crippen molar-refractivity contribution in [3.05, 3.63) is 29.8 Å². The van der Waals surface area contributed by atoms with Crippen LogP contribution in [0.3, 0.4) is 0 Å². The maximum absolute atomic E-state index is 12.4. The lowest BCUT2D eigenvalue weighted by atomic mass is 10.1. The van der Waals surface area contributed by atoms with Crippen molar-refractivity contribution in [2.45, 2.75) is 25.8 Å². The Morgan fingerprint density at radius 3 is 2.68 bits per heavy atom. The zero-order valence-corrected chi connectivity index (χ0v) is 11.0. The number of rotatable bonds is 3. The number of nitrogens with zero attached hydrogens (tertiary/aromatic N) is 1. The second kappa shape index (κ2) is 5.73. The predicted octanol–water partition coefficient (Wildman–Crippen LogP) is 1.44. The first-order valence-electron chi connectivity index (χ1n) is 6.46. The molecule has 0 spiro atoms. The van der Waals surface area contributed by atoms with Crippen LogP contribution in [0.15, 0.2) is 24.3 Å². The van der Waals surface area contributed by atoms with Gasteiger partial charge in [0, 0.05) is 17.8 Å². The van der Waals surface area contributed by atoms with E-state index in [2.05, 4.69) is 0 Å². The second-order valence-electron chi connectivity index (χ2n) is 4.53. The predicted molar refractivity (Wildman–Crippen MR) is 71.5 cm³/mol. The minimum Gasteiger partial charge on any atom is -0.464 e. The van der Waals surface area contributed by atoms with Crippen molar-refractivity contribution in [1.29, 1.82) is 0 Å². The van der Waals surface area contributed by atoms with Crippen LogP contribution in [-0.4, -0.2) is 36.0 Å². The summed E-state index contributed by atoms with van der Waals surface area (Å²) in [6, 6.07) is 6.27. The van der Waals surface area contributed by atoms with Gasteiger partial charge in [-0.25, -0.2) is 4.79 Å². The molecule has 1 atom stereocenters. The van der Waals surface area contributed by atoms with Gasteiger partial charge in [-0.15, -0.1) is 0 Å². The average Bonchev–Trinajstić information content (AvgIpc) is 2.88. The van der Waals surface area contributed by atoms with Crippen LogP contribution >= 0.6 is 0 Å². The van der Waals surface area contributed by atoms with Gasteiger partial charge in [-0.3, -0.25) is 4.79 Å². The summed E-state index contributed by atoms with van der Waals surface area (Å²) < 4.78 is 5.01. The number of nitrogens with two attached hydrogens (primary N) is 1. The van der Waals surface area contributed by atoms with Gasteiger partial charge in [-0.05, 0) is 44.0 Å². The van der Waals surface area contributed by atoms with Crippen molar-refractivity contribution in [2.75, 3.05) is 18.9 Å². The monoisotopic (exact) mass is 262 g/mol.